The predicted molar refractivity (Wildman–Crippen MR) is 125 cm³/mol. The van der Waals surface area contributed by atoms with Crippen LogP contribution in [0.4, 0.5) is 11.4 Å². The minimum atomic E-state index is -0.371. The number of anilines is 2. The average molecular weight is 471 g/mol. The zero-order valence-electron chi connectivity index (χ0n) is 17.2. The molecule has 0 fully saturated rings. The molecule has 3 aromatic carbocycles. The van der Waals surface area contributed by atoms with E-state index in [1.165, 1.54) is 0 Å². The predicted octanol–water partition coefficient (Wildman–Crippen LogP) is 5.24. The molecule has 0 bridgehead atoms. The SMILES string of the molecule is Cc1ccc(CN2C(=O)COc3ccc(NC(=O)COc4ccc(Cl)cc4Cl)cc32)cc1. The highest BCUT2D eigenvalue weighted by Crippen LogP contribution is 2.35. The number of halogens is 2. The van der Waals surface area contributed by atoms with Gasteiger partial charge in [-0.05, 0) is 48.9 Å². The summed E-state index contributed by atoms with van der Waals surface area (Å²) in [5, 5.41) is 3.57. The Morgan fingerprint density at radius 2 is 1.88 bits per heavy atom. The Labute approximate surface area is 195 Å². The van der Waals surface area contributed by atoms with Crippen LogP contribution in [0.2, 0.25) is 10.0 Å². The van der Waals surface area contributed by atoms with E-state index in [0.29, 0.717) is 39.5 Å². The third-order valence-corrected chi connectivity index (χ3v) is 5.43. The van der Waals surface area contributed by atoms with E-state index in [1.54, 1.807) is 41.3 Å². The van der Waals surface area contributed by atoms with Crippen molar-refractivity contribution >= 4 is 46.4 Å². The minimum Gasteiger partial charge on any atom is -0.482 e. The van der Waals surface area contributed by atoms with Gasteiger partial charge in [0, 0.05) is 10.7 Å². The number of carbonyl (C=O) groups excluding carboxylic acids is 2. The van der Waals surface area contributed by atoms with E-state index >= 15 is 0 Å². The molecule has 0 radical (unpaired) electrons. The zero-order chi connectivity index (χ0) is 22.7. The number of ether oxygens (including phenoxy) is 2. The van der Waals surface area contributed by atoms with Gasteiger partial charge in [0.05, 0.1) is 17.3 Å². The largest absolute Gasteiger partial charge is 0.482 e. The third-order valence-electron chi connectivity index (χ3n) is 4.90. The Balaban J connectivity index is 1.46. The first-order chi connectivity index (χ1) is 15.4. The van der Waals surface area contributed by atoms with Gasteiger partial charge in [0.15, 0.2) is 13.2 Å². The van der Waals surface area contributed by atoms with Crippen LogP contribution in [-0.2, 0) is 16.1 Å². The van der Waals surface area contributed by atoms with Gasteiger partial charge in [-0.3, -0.25) is 9.59 Å². The Morgan fingerprint density at radius 1 is 1.09 bits per heavy atom. The molecule has 3 aromatic rings. The number of carbonyl (C=O) groups is 2. The Hall–Kier alpha value is -3.22. The zero-order valence-corrected chi connectivity index (χ0v) is 18.7. The molecular formula is C24H20Cl2N2O4. The second-order valence-electron chi connectivity index (χ2n) is 7.35. The topological polar surface area (TPSA) is 67.9 Å². The van der Waals surface area contributed by atoms with Crippen molar-refractivity contribution in [1.29, 1.82) is 0 Å². The van der Waals surface area contributed by atoms with Gasteiger partial charge in [0.1, 0.15) is 11.5 Å². The van der Waals surface area contributed by atoms with Crippen LogP contribution < -0.4 is 19.7 Å². The fraction of sp³-hybridized carbons (Fsp3) is 0.167. The van der Waals surface area contributed by atoms with Crippen LogP contribution in [-0.4, -0.2) is 25.0 Å². The number of hydrogen-bond acceptors (Lipinski definition) is 4. The fourth-order valence-corrected chi connectivity index (χ4v) is 3.72. The molecule has 0 spiro atoms. The first-order valence-corrected chi connectivity index (χ1v) is 10.6. The summed E-state index contributed by atoms with van der Waals surface area (Å²) in [6, 6.07) is 17.9. The number of amides is 2. The molecule has 1 heterocycles. The van der Waals surface area contributed by atoms with Crippen LogP contribution in [0, 0.1) is 6.92 Å². The van der Waals surface area contributed by atoms with Crippen molar-refractivity contribution in [3.63, 3.8) is 0 Å². The van der Waals surface area contributed by atoms with Crippen LogP contribution in [0.25, 0.3) is 0 Å². The normalized spacial score (nSPS) is 12.7. The summed E-state index contributed by atoms with van der Waals surface area (Å²) in [4.78, 5) is 26.6. The van der Waals surface area contributed by atoms with E-state index in [2.05, 4.69) is 5.32 Å². The van der Waals surface area contributed by atoms with Gasteiger partial charge in [0.25, 0.3) is 11.8 Å². The van der Waals surface area contributed by atoms with E-state index in [-0.39, 0.29) is 25.0 Å². The van der Waals surface area contributed by atoms with Crippen molar-refractivity contribution in [2.45, 2.75) is 13.5 Å². The fourth-order valence-electron chi connectivity index (χ4n) is 3.26. The first kappa shape index (κ1) is 22.0. The molecular weight excluding hydrogens is 451 g/mol. The second-order valence-corrected chi connectivity index (χ2v) is 8.19. The molecule has 0 saturated heterocycles. The number of fused-ring (bicyclic) bond motifs is 1. The van der Waals surface area contributed by atoms with Crippen molar-refractivity contribution in [3.8, 4) is 11.5 Å². The molecule has 164 valence electrons. The number of nitrogens with one attached hydrogen (secondary N) is 1. The molecule has 0 aromatic heterocycles. The molecule has 8 heteroatoms. The first-order valence-electron chi connectivity index (χ1n) is 9.89. The lowest BCUT2D eigenvalue weighted by molar-refractivity contribution is -0.121. The average Bonchev–Trinajstić information content (AvgIpc) is 2.76. The standard InChI is InChI=1S/C24H20Cl2N2O4/c1-15-2-4-16(5-3-15)12-28-20-11-18(7-9-22(20)32-14-24(28)30)27-23(29)13-31-21-8-6-17(25)10-19(21)26/h2-11H,12-14H2,1H3,(H,27,29). The number of rotatable bonds is 6. The van der Waals surface area contributed by atoms with Crippen LogP contribution in [0.15, 0.2) is 60.7 Å². The van der Waals surface area contributed by atoms with E-state index in [9.17, 15) is 9.59 Å². The molecule has 1 aliphatic rings. The van der Waals surface area contributed by atoms with Gasteiger partial charge in [-0.1, -0.05) is 53.0 Å². The highest BCUT2D eigenvalue weighted by Gasteiger charge is 2.26. The summed E-state index contributed by atoms with van der Waals surface area (Å²) in [6.45, 7) is 2.16. The summed E-state index contributed by atoms with van der Waals surface area (Å²) < 4.78 is 11.0. The van der Waals surface area contributed by atoms with Gasteiger partial charge >= 0.3 is 0 Å². The summed E-state index contributed by atoms with van der Waals surface area (Å²) in [5.74, 6) is 0.421. The highest BCUT2D eigenvalue weighted by atomic mass is 35.5. The van der Waals surface area contributed by atoms with E-state index in [0.717, 1.165) is 11.1 Å². The monoisotopic (exact) mass is 470 g/mol. The van der Waals surface area contributed by atoms with Gasteiger partial charge in [-0.15, -0.1) is 0 Å². The molecule has 0 atom stereocenters. The number of benzene rings is 3. The Kier molecular flexibility index (Phi) is 6.53. The Morgan fingerprint density at radius 3 is 2.62 bits per heavy atom. The summed E-state index contributed by atoms with van der Waals surface area (Å²) in [7, 11) is 0. The molecule has 0 unspecified atom stereocenters. The number of aryl methyl sites for hydroxylation is 1. The molecule has 4 rings (SSSR count). The van der Waals surface area contributed by atoms with Gasteiger partial charge in [-0.2, -0.15) is 0 Å². The van der Waals surface area contributed by atoms with Crippen LogP contribution in [0.5, 0.6) is 11.5 Å². The van der Waals surface area contributed by atoms with Gasteiger partial charge in [-0.25, -0.2) is 0 Å². The smallest absolute Gasteiger partial charge is 0.265 e. The molecule has 0 aliphatic carbocycles. The summed E-state index contributed by atoms with van der Waals surface area (Å²) in [5.41, 5.74) is 3.27. The second kappa shape index (κ2) is 9.51. The van der Waals surface area contributed by atoms with Crippen molar-refractivity contribution < 1.29 is 19.1 Å². The van der Waals surface area contributed by atoms with Crippen LogP contribution >= 0.6 is 23.2 Å². The molecule has 1 aliphatic heterocycles. The maximum absolute atomic E-state index is 12.5. The van der Waals surface area contributed by atoms with Crippen molar-refractivity contribution in [1.82, 2.24) is 0 Å². The quantitative estimate of drug-likeness (QED) is 0.534. The maximum Gasteiger partial charge on any atom is 0.265 e. The molecule has 32 heavy (non-hydrogen) atoms. The third kappa shape index (κ3) is 5.15. The maximum atomic E-state index is 12.5. The van der Waals surface area contributed by atoms with Gasteiger partial charge in [0.2, 0.25) is 0 Å². The number of nitrogens with zero attached hydrogens (tertiary/aromatic N) is 1. The lowest BCUT2D eigenvalue weighted by atomic mass is 10.1. The van der Waals surface area contributed by atoms with Gasteiger partial charge < -0.3 is 19.7 Å². The molecule has 6 nitrogen and oxygen atoms in total. The number of hydrogen-bond donors (Lipinski definition) is 1. The van der Waals surface area contributed by atoms with Crippen molar-refractivity contribution in [2.75, 3.05) is 23.4 Å². The summed E-state index contributed by atoms with van der Waals surface area (Å²) >= 11 is 11.9. The van der Waals surface area contributed by atoms with Crippen LogP contribution in [0.1, 0.15) is 11.1 Å². The summed E-state index contributed by atoms with van der Waals surface area (Å²) in [6.07, 6.45) is 0. The molecule has 0 saturated carbocycles. The molecule has 2 amide bonds. The Bertz CT molecular complexity index is 1170. The van der Waals surface area contributed by atoms with E-state index < -0.39 is 0 Å². The lowest BCUT2D eigenvalue weighted by Crippen LogP contribution is -2.38. The van der Waals surface area contributed by atoms with Crippen molar-refractivity contribution in [2.24, 2.45) is 0 Å². The van der Waals surface area contributed by atoms with E-state index in [1.807, 2.05) is 31.2 Å². The highest BCUT2D eigenvalue weighted by molar-refractivity contribution is 6.35. The van der Waals surface area contributed by atoms with E-state index in [4.69, 9.17) is 32.7 Å². The van der Waals surface area contributed by atoms with Crippen molar-refractivity contribution in [3.05, 3.63) is 81.8 Å². The minimum absolute atomic E-state index is 0.0275. The van der Waals surface area contributed by atoms with Crippen LogP contribution in [0.3, 0.4) is 0 Å². The lowest BCUT2D eigenvalue weighted by Gasteiger charge is -2.30. The molecule has 1 N–H and O–H groups in total.